The van der Waals surface area contributed by atoms with E-state index >= 15 is 0 Å². The Labute approximate surface area is 62.3 Å². The highest BCUT2D eigenvalue weighted by molar-refractivity contribution is 4.64. The van der Waals surface area contributed by atoms with Gasteiger partial charge in [-0.25, -0.2) is 0 Å². The summed E-state index contributed by atoms with van der Waals surface area (Å²) in [5, 5.41) is 0. The lowest BCUT2D eigenvalue weighted by molar-refractivity contribution is 0.431. The van der Waals surface area contributed by atoms with Gasteiger partial charge in [0.1, 0.15) is 19.6 Å². The maximum Gasteiger partial charge on any atom is 0.135 e. The molecule has 0 aliphatic carbocycles. The zero-order chi connectivity index (χ0) is 7.82. The normalized spacial score (nSPS) is 10.8. The molecule has 4 heteroatoms. The Balaban J connectivity index is 3.30. The third kappa shape index (κ3) is 4.69. The molecule has 0 amide bonds. The number of nitrogens with two attached hydrogens (primary N) is 3. The van der Waals surface area contributed by atoms with E-state index in [1.165, 1.54) is 0 Å². The van der Waals surface area contributed by atoms with Crippen molar-refractivity contribution in [2.75, 3.05) is 39.3 Å². The van der Waals surface area contributed by atoms with E-state index in [-0.39, 0.29) is 0 Å². The lowest BCUT2D eigenvalue weighted by Gasteiger charge is -2.08. The van der Waals surface area contributed by atoms with Crippen molar-refractivity contribution in [1.82, 2.24) is 4.90 Å². The van der Waals surface area contributed by atoms with Gasteiger partial charge in [-0.1, -0.05) is 0 Å². The number of nitrogens with zero attached hydrogens (tertiary/aromatic N) is 1. The van der Waals surface area contributed by atoms with Crippen molar-refractivity contribution in [2.45, 2.75) is 0 Å². The van der Waals surface area contributed by atoms with Gasteiger partial charge in [-0.3, -0.25) is 0 Å². The second-order valence-corrected chi connectivity index (χ2v) is 2.21. The Morgan fingerprint density at radius 1 is 0.700 bits per heavy atom. The Kier molecular flexibility index (Phi) is 6.84. The van der Waals surface area contributed by atoms with Crippen LogP contribution in [0.25, 0.3) is 0 Å². The zero-order valence-electron chi connectivity index (χ0n) is 6.42. The molecule has 0 unspecified atom stereocenters. The van der Waals surface area contributed by atoms with Crippen LogP contribution in [0.2, 0.25) is 0 Å². The average molecular weight is 146 g/mol. The molecular weight excluding hydrogens is 128 g/mol. The van der Waals surface area contributed by atoms with Crippen molar-refractivity contribution in [3.8, 4) is 0 Å². The molecule has 0 bridgehead atoms. The topological polar surface area (TPSA) is 84.0 Å². The Morgan fingerprint density at radius 2 is 1.00 bits per heavy atom. The number of hydrogen-bond acceptors (Lipinski definition) is 4. The molecule has 0 spiro atoms. The Hall–Kier alpha value is -0.160. The van der Waals surface area contributed by atoms with Crippen molar-refractivity contribution in [3.05, 3.63) is 0 Å². The summed E-state index contributed by atoms with van der Waals surface area (Å²) in [5.74, 6) is 0. The quantitative estimate of drug-likeness (QED) is 0.379. The van der Waals surface area contributed by atoms with Gasteiger partial charge in [0, 0.05) is 19.6 Å². The number of hydrogen-bond donors (Lipinski definition) is 3. The van der Waals surface area contributed by atoms with Gasteiger partial charge in [-0.05, 0) is 0 Å². The highest BCUT2D eigenvalue weighted by Crippen LogP contribution is 1.76. The summed E-state index contributed by atoms with van der Waals surface area (Å²) in [6, 6.07) is 0. The van der Waals surface area contributed by atoms with Crippen molar-refractivity contribution in [2.24, 2.45) is 17.2 Å². The first kappa shape index (κ1) is 9.84. The van der Waals surface area contributed by atoms with Crippen molar-refractivity contribution in [3.63, 3.8) is 0 Å². The van der Waals surface area contributed by atoms with Crippen molar-refractivity contribution in [1.29, 1.82) is 0 Å². The molecule has 0 aromatic heterocycles. The van der Waals surface area contributed by atoms with Gasteiger partial charge < -0.3 is 17.2 Å². The first-order valence-corrected chi connectivity index (χ1v) is 3.67. The average Bonchev–Trinajstić information content (AvgIpc) is 1.90. The van der Waals surface area contributed by atoms with Gasteiger partial charge in [-0.2, -0.15) is 4.90 Å². The molecule has 0 aliphatic heterocycles. The third-order valence-corrected chi connectivity index (χ3v) is 1.34. The van der Waals surface area contributed by atoms with Gasteiger partial charge in [-0.15, -0.1) is 0 Å². The second-order valence-electron chi connectivity index (χ2n) is 2.21. The predicted octanol–water partition coefficient (Wildman–Crippen LogP) is -2.00. The molecule has 0 saturated heterocycles. The van der Waals surface area contributed by atoms with Crippen LogP contribution in [0, 0.1) is 0 Å². The molecule has 0 aromatic carbocycles. The van der Waals surface area contributed by atoms with Crippen LogP contribution in [-0.2, 0) is 0 Å². The van der Waals surface area contributed by atoms with Gasteiger partial charge in [0.2, 0.25) is 0 Å². The predicted molar refractivity (Wildman–Crippen MR) is 43.9 cm³/mol. The molecule has 0 rings (SSSR count). The minimum atomic E-state index is 0.681. The summed E-state index contributed by atoms with van der Waals surface area (Å²) < 4.78 is 0. The maximum atomic E-state index is 5.37. The first-order chi connectivity index (χ1) is 4.85. The summed E-state index contributed by atoms with van der Waals surface area (Å²) in [6.07, 6.45) is 0. The Bertz CT molecular complexity index is 52.5. The van der Waals surface area contributed by atoms with Gasteiger partial charge in [0.05, 0.1) is 0 Å². The monoisotopic (exact) mass is 146 g/mol. The van der Waals surface area contributed by atoms with Crippen LogP contribution >= 0.6 is 0 Å². The van der Waals surface area contributed by atoms with E-state index in [1.54, 1.807) is 0 Å². The van der Waals surface area contributed by atoms with E-state index in [0.717, 1.165) is 19.6 Å². The van der Waals surface area contributed by atoms with E-state index < -0.39 is 0 Å². The van der Waals surface area contributed by atoms with Gasteiger partial charge in [0.25, 0.3) is 0 Å². The molecule has 4 nitrogen and oxygen atoms in total. The van der Waals surface area contributed by atoms with Crippen molar-refractivity contribution < 1.29 is 0 Å². The molecule has 6 N–H and O–H groups in total. The van der Waals surface area contributed by atoms with Crippen LogP contribution in [0.15, 0.2) is 0 Å². The number of rotatable bonds is 6. The molecule has 0 atom stereocenters. The summed E-state index contributed by atoms with van der Waals surface area (Å²) >= 11 is 0. The highest BCUT2D eigenvalue weighted by atomic mass is 15.1. The van der Waals surface area contributed by atoms with Crippen LogP contribution in [0.1, 0.15) is 0 Å². The van der Waals surface area contributed by atoms with E-state index in [1.807, 2.05) is 0 Å². The standard InChI is InChI=1S/C6H18N4/c7-1-4-10(5-2-8)6-3-9/h1-9H2/q+1. The van der Waals surface area contributed by atoms with E-state index in [9.17, 15) is 0 Å². The smallest absolute Gasteiger partial charge is 0.135 e. The SMILES string of the molecule is NCC[N+](CCN)CCN. The molecular formula is C6H18N4+. The zero-order valence-corrected chi connectivity index (χ0v) is 6.42. The maximum absolute atomic E-state index is 5.37. The van der Waals surface area contributed by atoms with E-state index in [4.69, 9.17) is 17.2 Å². The van der Waals surface area contributed by atoms with Crippen molar-refractivity contribution >= 4 is 0 Å². The molecule has 0 aliphatic rings. The summed E-state index contributed by atoms with van der Waals surface area (Å²) in [6.45, 7) is 4.73. The van der Waals surface area contributed by atoms with Crippen LogP contribution in [0.3, 0.4) is 0 Å². The van der Waals surface area contributed by atoms with Crippen LogP contribution < -0.4 is 22.1 Å². The molecule has 61 valence electrons. The Morgan fingerprint density at radius 3 is 1.20 bits per heavy atom. The van der Waals surface area contributed by atoms with Gasteiger partial charge >= 0.3 is 0 Å². The summed E-state index contributed by atoms with van der Waals surface area (Å²) in [7, 11) is 0. The molecule has 0 saturated carbocycles. The third-order valence-electron chi connectivity index (χ3n) is 1.34. The second kappa shape index (κ2) is 6.95. The lowest BCUT2D eigenvalue weighted by atomic mass is 10.4. The van der Waals surface area contributed by atoms with Gasteiger partial charge in [0.15, 0.2) is 0 Å². The largest absolute Gasteiger partial charge is 0.325 e. The minimum absolute atomic E-state index is 0.681. The summed E-state index contributed by atoms with van der Waals surface area (Å²) in [5.41, 5.74) is 16.1. The van der Waals surface area contributed by atoms with Crippen LogP contribution in [0.5, 0.6) is 0 Å². The molecule has 0 fully saturated rings. The molecule has 1 radical (unpaired) electrons. The molecule has 0 heterocycles. The van der Waals surface area contributed by atoms with Crippen LogP contribution in [0.4, 0.5) is 0 Å². The van der Waals surface area contributed by atoms with E-state index in [0.29, 0.717) is 19.6 Å². The minimum Gasteiger partial charge on any atom is -0.325 e. The fourth-order valence-electron chi connectivity index (χ4n) is 0.883. The molecule has 0 aromatic rings. The first-order valence-electron chi connectivity index (χ1n) is 3.67. The fourth-order valence-corrected chi connectivity index (χ4v) is 0.883. The highest BCUT2D eigenvalue weighted by Gasteiger charge is 2.09. The van der Waals surface area contributed by atoms with E-state index in [2.05, 4.69) is 4.90 Å². The lowest BCUT2D eigenvalue weighted by Crippen LogP contribution is -2.42. The molecule has 10 heavy (non-hydrogen) atoms. The van der Waals surface area contributed by atoms with Crippen LogP contribution in [-0.4, -0.2) is 39.3 Å². The summed E-state index contributed by atoms with van der Waals surface area (Å²) in [4.78, 5) is 2.17. The fraction of sp³-hybridized carbons (Fsp3) is 1.00.